The summed E-state index contributed by atoms with van der Waals surface area (Å²) in [6.45, 7) is 8.67. The lowest BCUT2D eigenvalue weighted by Gasteiger charge is -2.36. The van der Waals surface area contributed by atoms with Crippen LogP contribution in [-0.4, -0.2) is 31.8 Å². The number of thioether (sulfide) groups is 1. The molecule has 5 heteroatoms. The summed E-state index contributed by atoms with van der Waals surface area (Å²) < 4.78 is 4.74. The third kappa shape index (κ3) is 2.64. The molecule has 0 saturated heterocycles. The molecule has 1 aliphatic rings. The van der Waals surface area contributed by atoms with Crippen LogP contribution in [0.4, 0.5) is 0 Å². The van der Waals surface area contributed by atoms with Crippen molar-refractivity contribution in [3.63, 3.8) is 0 Å². The van der Waals surface area contributed by atoms with Gasteiger partial charge in [-0.05, 0) is 31.7 Å². The Kier molecular flexibility index (Phi) is 4.40. The maximum absolute atomic E-state index is 4.55. The average Bonchev–Trinajstić information content (AvgIpc) is 3.12. The molecule has 0 saturated carbocycles. The van der Waals surface area contributed by atoms with Crippen molar-refractivity contribution in [1.29, 1.82) is 0 Å². The van der Waals surface area contributed by atoms with Crippen molar-refractivity contribution >= 4 is 11.8 Å². The second-order valence-corrected chi connectivity index (χ2v) is 6.27. The fourth-order valence-corrected chi connectivity index (χ4v) is 4.02. The summed E-state index contributed by atoms with van der Waals surface area (Å²) in [5.41, 5.74) is 2.79. The zero-order valence-corrected chi connectivity index (χ0v) is 13.9. The molecule has 4 nitrogen and oxygen atoms in total. The Balaban J connectivity index is 1.83. The van der Waals surface area contributed by atoms with Crippen molar-refractivity contribution in [1.82, 2.24) is 19.0 Å². The predicted octanol–water partition coefficient (Wildman–Crippen LogP) is 3.39. The van der Waals surface area contributed by atoms with Gasteiger partial charge in [0.2, 0.25) is 0 Å². The van der Waals surface area contributed by atoms with Gasteiger partial charge in [-0.1, -0.05) is 18.7 Å². The molecule has 1 atom stereocenters. The molecule has 1 aliphatic heterocycles. The number of hydrogen-bond donors (Lipinski definition) is 0. The number of aromatic nitrogens is 3. The maximum atomic E-state index is 4.55. The molecule has 1 unspecified atom stereocenters. The third-order valence-electron chi connectivity index (χ3n) is 4.43. The van der Waals surface area contributed by atoms with Gasteiger partial charge in [-0.2, -0.15) is 0 Å². The van der Waals surface area contributed by atoms with Crippen molar-refractivity contribution in [3.8, 4) is 0 Å². The van der Waals surface area contributed by atoms with Crippen LogP contribution in [-0.2, 0) is 19.6 Å². The smallest absolute Gasteiger partial charge is 0.167 e. The van der Waals surface area contributed by atoms with Gasteiger partial charge in [-0.25, -0.2) is 4.98 Å². The molecule has 0 aliphatic carbocycles. The predicted molar refractivity (Wildman–Crippen MR) is 87.6 cm³/mol. The van der Waals surface area contributed by atoms with Crippen LogP contribution in [0.2, 0.25) is 0 Å². The van der Waals surface area contributed by atoms with Gasteiger partial charge in [-0.15, -0.1) is 0 Å². The van der Waals surface area contributed by atoms with Crippen LogP contribution < -0.4 is 0 Å². The van der Waals surface area contributed by atoms with Crippen molar-refractivity contribution in [3.05, 3.63) is 35.9 Å². The zero-order chi connectivity index (χ0) is 14.8. The van der Waals surface area contributed by atoms with E-state index >= 15 is 0 Å². The highest BCUT2D eigenvalue weighted by Crippen LogP contribution is 2.30. The molecule has 3 rings (SSSR count). The van der Waals surface area contributed by atoms with E-state index in [0.717, 1.165) is 37.8 Å². The first-order chi connectivity index (χ1) is 10.3. The fraction of sp³-hybridized carbons (Fsp3) is 0.562. The first-order valence-corrected chi connectivity index (χ1v) is 8.98. The van der Waals surface area contributed by atoms with Gasteiger partial charge in [0.1, 0.15) is 0 Å². The summed E-state index contributed by atoms with van der Waals surface area (Å²) in [5.74, 6) is 0. The minimum Gasteiger partial charge on any atom is -0.349 e. The average molecular weight is 304 g/mol. The van der Waals surface area contributed by atoms with E-state index < -0.39 is 0 Å². The number of hydrogen-bond acceptors (Lipinski definition) is 3. The molecular weight excluding hydrogens is 280 g/mol. The molecule has 0 bridgehead atoms. The summed E-state index contributed by atoms with van der Waals surface area (Å²) in [5, 5.41) is 1.13. The first-order valence-electron chi connectivity index (χ1n) is 7.76. The molecule has 0 radical (unpaired) electrons. The summed E-state index contributed by atoms with van der Waals surface area (Å²) in [7, 11) is 0. The van der Waals surface area contributed by atoms with Crippen LogP contribution in [0.15, 0.2) is 29.7 Å². The Morgan fingerprint density at radius 3 is 2.90 bits per heavy atom. The molecule has 0 N–H and O–H groups in total. The van der Waals surface area contributed by atoms with E-state index in [2.05, 4.69) is 63.6 Å². The highest BCUT2D eigenvalue weighted by molar-refractivity contribution is 7.98. The van der Waals surface area contributed by atoms with E-state index in [-0.39, 0.29) is 0 Å². The van der Waals surface area contributed by atoms with Gasteiger partial charge in [0, 0.05) is 38.1 Å². The lowest BCUT2D eigenvalue weighted by atomic mass is 10.1. The molecule has 0 spiro atoms. The van der Waals surface area contributed by atoms with Gasteiger partial charge < -0.3 is 9.13 Å². The Morgan fingerprint density at radius 2 is 2.19 bits per heavy atom. The lowest BCUT2D eigenvalue weighted by Crippen LogP contribution is -2.37. The minimum absolute atomic E-state index is 0.520. The largest absolute Gasteiger partial charge is 0.349 e. The first kappa shape index (κ1) is 14.7. The zero-order valence-electron chi connectivity index (χ0n) is 13.1. The van der Waals surface area contributed by atoms with Gasteiger partial charge in [0.25, 0.3) is 0 Å². The number of nitrogens with zero attached hydrogens (tertiary/aromatic N) is 4. The Labute approximate surface area is 131 Å². The second kappa shape index (κ2) is 6.28. The molecule has 114 valence electrons. The number of imidazole rings is 1. The van der Waals surface area contributed by atoms with Crippen molar-refractivity contribution in [2.75, 3.05) is 12.8 Å². The summed E-state index contributed by atoms with van der Waals surface area (Å²) in [6.07, 6.45) is 7.51. The van der Waals surface area contributed by atoms with Gasteiger partial charge in [0.05, 0.1) is 17.9 Å². The fourth-order valence-electron chi connectivity index (χ4n) is 3.40. The van der Waals surface area contributed by atoms with Crippen LogP contribution in [0.3, 0.4) is 0 Å². The molecular formula is C16H24N4S. The third-order valence-corrected chi connectivity index (χ3v) is 5.12. The maximum Gasteiger partial charge on any atom is 0.167 e. The molecule has 0 amide bonds. The van der Waals surface area contributed by atoms with Crippen molar-refractivity contribution in [2.24, 2.45) is 0 Å². The van der Waals surface area contributed by atoms with Gasteiger partial charge in [0.15, 0.2) is 5.16 Å². The molecule has 0 aromatic carbocycles. The van der Waals surface area contributed by atoms with E-state index in [4.69, 9.17) is 0 Å². The SMILES string of the molecule is CCC1c2cccn2CCN1Cc1cnc(SC)n1CC. The van der Waals surface area contributed by atoms with Crippen molar-refractivity contribution in [2.45, 2.75) is 51.1 Å². The summed E-state index contributed by atoms with van der Waals surface area (Å²) in [4.78, 5) is 7.15. The molecule has 2 aromatic heterocycles. The van der Waals surface area contributed by atoms with Crippen LogP contribution in [0.5, 0.6) is 0 Å². The van der Waals surface area contributed by atoms with Gasteiger partial charge >= 0.3 is 0 Å². The minimum atomic E-state index is 0.520. The molecule has 21 heavy (non-hydrogen) atoms. The van der Waals surface area contributed by atoms with E-state index in [1.165, 1.54) is 11.4 Å². The summed E-state index contributed by atoms with van der Waals surface area (Å²) in [6, 6.07) is 4.96. The van der Waals surface area contributed by atoms with Crippen LogP contribution in [0, 0.1) is 0 Å². The quantitative estimate of drug-likeness (QED) is 0.792. The standard InChI is InChI=1S/C16H24N4S/c1-4-14-15-7-6-8-18(15)9-10-19(14)12-13-11-17-16(21-3)20(13)5-2/h6-8,11,14H,4-5,9-10,12H2,1-3H3. The van der Waals surface area contributed by atoms with Gasteiger partial charge in [-0.3, -0.25) is 4.90 Å². The monoisotopic (exact) mass is 304 g/mol. The lowest BCUT2D eigenvalue weighted by molar-refractivity contribution is 0.140. The van der Waals surface area contributed by atoms with E-state index in [0.29, 0.717) is 6.04 Å². The summed E-state index contributed by atoms with van der Waals surface area (Å²) >= 11 is 1.73. The molecule has 2 aromatic rings. The Bertz CT molecular complexity index is 601. The molecule has 3 heterocycles. The van der Waals surface area contributed by atoms with E-state index in [1.54, 1.807) is 11.8 Å². The van der Waals surface area contributed by atoms with Crippen molar-refractivity contribution < 1.29 is 0 Å². The normalized spacial score (nSPS) is 18.9. The Hall–Kier alpha value is -1.20. The highest BCUT2D eigenvalue weighted by atomic mass is 32.2. The Morgan fingerprint density at radius 1 is 1.33 bits per heavy atom. The number of rotatable bonds is 5. The highest BCUT2D eigenvalue weighted by Gasteiger charge is 2.26. The van der Waals surface area contributed by atoms with Crippen LogP contribution >= 0.6 is 11.8 Å². The van der Waals surface area contributed by atoms with Crippen LogP contribution in [0.1, 0.15) is 37.7 Å². The van der Waals surface area contributed by atoms with E-state index in [9.17, 15) is 0 Å². The second-order valence-electron chi connectivity index (χ2n) is 5.50. The number of fused-ring (bicyclic) bond motifs is 1. The van der Waals surface area contributed by atoms with E-state index in [1.807, 2.05) is 0 Å². The molecule has 0 fully saturated rings. The van der Waals surface area contributed by atoms with Crippen LogP contribution in [0.25, 0.3) is 0 Å². The topological polar surface area (TPSA) is 26.0 Å².